The molecule has 1 heterocycles. The highest BCUT2D eigenvalue weighted by Gasteiger charge is 2.29. The van der Waals surface area contributed by atoms with Crippen LogP contribution < -0.4 is 10.1 Å². The molecule has 1 N–H and O–H groups in total. The largest absolute Gasteiger partial charge is 0.494 e. The van der Waals surface area contributed by atoms with Gasteiger partial charge in [0.25, 0.3) is 5.91 Å². The van der Waals surface area contributed by atoms with E-state index in [1.54, 1.807) is 19.1 Å². The lowest BCUT2D eigenvalue weighted by Crippen LogP contribution is -2.47. The van der Waals surface area contributed by atoms with Crippen molar-refractivity contribution >= 4 is 15.9 Å². The summed E-state index contributed by atoms with van der Waals surface area (Å²) in [5.74, 6) is 0.437. The van der Waals surface area contributed by atoms with E-state index >= 15 is 0 Å². The molecule has 1 saturated heterocycles. The Balaban J connectivity index is 1.74. The number of benzene rings is 2. The Morgan fingerprint density at radius 3 is 2.53 bits per heavy atom. The number of amides is 1. The van der Waals surface area contributed by atoms with Gasteiger partial charge in [0.2, 0.25) is 10.0 Å². The average Bonchev–Trinajstić information content (AvgIpc) is 2.73. The predicted molar refractivity (Wildman–Crippen MR) is 116 cm³/mol. The molecule has 162 valence electrons. The van der Waals surface area contributed by atoms with Crippen LogP contribution in [0.15, 0.2) is 47.4 Å². The molecule has 0 unspecified atom stereocenters. The highest BCUT2D eigenvalue weighted by molar-refractivity contribution is 7.89. The Bertz CT molecular complexity index is 999. The zero-order chi connectivity index (χ0) is 21.7. The van der Waals surface area contributed by atoms with E-state index in [4.69, 9.17) is 4.74 Å². The van der Waals surface area contributed by atoms with Crippen LogP contribution in [-0.2, 0) is 16.6 Å². The fourth-order valence-electron chi connectivity index (χ4n) is 3.38. The number of piperazine rings is 1. The third-order valence-corrected chi connectivity index (χ3v) is 7.23. The molecule has 2 aromatic carbocycles. The first-order valence-electron chi connectivity index (χ1n) is 10.1. The lowest BCUT2D eigenvalue weighted by molar-refractivity contribution is 0.0950. The molecular formula is C22H29N3O4S. The zero-order valence-electron chi connectivity index (χ0n) is 17.7. The van der Waals surface area contributed by atoms with Crippen molar-refractivity contribution in [1.82, 2.24) is 14.5 Å². The number of nitrogens with one attached hydrogen (secondary N) is 1. The molecular weight excluding hydrogens is 402 g/mol. The summed E-state index contributed by atoms with van der Waals surface area (Å²) in [6.07, 6.45) is 0. The van der Waals surface area contributed by atoms with Gasteiger partial charge in [-0.3, -0.25) is 4.79 Å². The zero-order valence-corrected chi connectivity index (χ0v) is 18.5. The number of carbonyl (C=O) groups excluding carboxylic acids is 1. The number of hydrogen-bond acceptors (Lipinski definition) is 5. The number of aryl methyl sites for hydroxylation is 1. The molecule has 1 aliphatic rings. The Morgan fingerprint density at radius 1 is 1.10 bits per heavy atom. The van der Waals surface area contributed by atoms with Gasteiger partial charge in [-0.1, -0.05) is 18.2 Å². The molecule has 0 radical (unpaired) electrons. The monoisotopic (exact) mass is 431 g/mol. The smallest absolute Gasteiger partial charge is 0.251 e. The lowest BCUT2D eigenvalue weighted by Gasteiger charge is -2.32. The number of hydrogen-bond donors (Lipinski definition) is 1. The topological polar surface area (TPSA) is 78.9 Å². The van der Waals surface area contributed by atoms with E-state index in [2.05, 4.69) is 10.2 Å². The van der Waals surface area contributed by atoms with Crippen molar-refractivity contribution in [3.63, 3.8) is 0 Å². The normalized spacial score (nSPS) is 15.7. The minimum absolute atomic E-state index is 0.193. The molecule has 0 aliphatic carbocycles. The SMILES string of the molecule is CCOc1cccc(CNC(=O)c2ccc(C)c(S(=O)(=O)N3CCN(C)CC3)c2)c1. The van der Waals surface area contributed by atoms with E-state index < -0.39 is 10.0 Å². The number of rotatable bonds is 7. The van der Waals surface area contributed by atoms with Crippen molar-refractivity contribution in [3.05, 3.63) is 59.2 Å². The van der Waals surface area contributed by atoms with E-state index in [1.165, 1.54) is 10.4 Å². The van der Waals surface area contributed by atoms with Crippen LogP contribution in [0.1, 0.15) is 28.4 Å². The molecule has 7 nitrogen and oxygen atoms in total. The summed E-state index contributed by atoms with van der Waals surface area (Å²) in [5.41, 5.74) is 1.87. The van der Waals surface area contributed by atoms with Gasteiger partial charge >= 0.3 is 0 Å². The Morgan fingerprint density at radius 2 is 1.83 bits per heavy atom. The van der Waals surface area contributed by atoms with Gasteiger partial charge in [-0.15, -0.1) is 0 Å². The molecule has 1 aliphatic heterocycles. The van der Waals surface area contributed by atoms with Crippen LogP contribution in [0.3, 0.4) is 0 Å². The van der Waals surface area contributed by atoms with Gasteiger partial charge in [-0.05, 0) is 56.3 Å². The first kappa shape index (κ1) is 22.3. The van der Waals surface area contributed by atoms with Gasteiger partial charge in [0.05, 0.1) is 11.5 Å². The summed E-state index contributed by atoms with van der Waals surface area (Å²) in [7, 11) is -1.66. The maximum Gasteiger partial charge on any atom is 0.251 e. The molecule has 8 heteroatoms. The number of sulfonamides is 1. The number of nitrogens with zero attached hydrogens (tertiary/aromatic N) is 2. The van der Waals surface area contributed by atoms with Crippen molar-refractivity contribution in [3.8, 4) is 5.75 Å². The minimum Gasteiger partial charge on any atom is -0.494 e. The summed E-state index contributed by atoms with van der Waals surface area (Å²) < 4.78 is 33.2. The molecule has 0 aromatic heterocycles. The van der Waals surface area contributed by atoms with Crippen LogP contribution in [0, 0.1) is 6.92 Å². The maximum atomic E-state index is 13.1. The quantitative estimate of drug-likeness (QED) is 0.728. The molecule has 0 spiro atoms. The van der Waals surface area contributed by atoms with Crippen LogP contribution in [0.2, 0.25) is 0 Å². The van der Waals surface area contributed by atoms with Crippen molar-refractivity contribution in [2.45, 2.75) is 25.3 Å². The molecule has 1 amide bonds. The standard InChI is InChI=1S/C22H29N3O4S/c1-4-29-20-7-5-6-18(14-20)16-23-22(26)19-9-8-17(2)21(15-19)30(27,28)25-12-10-24(3)11-13-25/h5-9,14-15H,4,10-13,16H2,1-3H3,(H,23,26). The second-order valence-electron chi connectivity index (χ2n) is 7.45. The molecule has 0 atom stereocenters. The molecule has 30 heavy (non-hydrogen) atoms. The number of likely N-dealkylation sites (N-methyl/N-ethyl adjacent to an activating group) is 1. The van der Waals surface area contributed by atoms with E-state index in [-0.39, 0.29) is 10.8 Å². The van der Waals surface area contributed by atoms with Crippen LogP contribution in [-0.4, -0.2) is 63.4 Å². The van der Waals surface area contributed by atoms with Crippen molar-refractivity contribution in [1.29, 1.82) is 0 Å². The van der Waals surface area contributed by atoms with Gasteiger partial charge in [0.1, 0.15) is 5.75 Å². The molecule has 0 bridgehead atoms. The third-order valence-electron chi connectivity index (χ3n) is 5.19. The average molecular weight is 432 g/mol. The first-order valence-corrected chi connectivity index (χ1v) is 11.5. The van der Waals surface area contributed by atoms with Crippen LogP contribution in [0.25, 0.3) is 0 Å². The Kier molecular flexibility index (Phi) is 7.12. The van der Waals surface area contributed by atoms with Crippen LogP contribution >= 0.6 is 0 Å². The summed E-state index contributed by atoms with van der Waals surface area (Å²) >= 11 is 0. The Labute approximate surface area is 178 Å². The van der Waals surface area contributed by atoms with Gasteiger partial charge < -0.3 is 15.0 Å². The summed E-state index contributed by atoms with van der Waals surface area (Å²) in [6.45, 7) is 6.86. The van der Waals surface area contributed by atoms with Crippen molar-refractivity contribution in [2.24, 2.45) is 0 Å². The van der Waals surface area contributed by atoms with Crippen molar-refractivity contribution in [2.75, 3.05) is 39.8 Å². The second-order valence-corrected chi connectivity index (χ2v) is 9.36. The molecule has 3 rings (SSSR count). The van der Waals surface area contributed by atoms with Gasteiger partial charge in [-0.25, -0.2) is 8.42 Å². The van der Waals surface area contributed by atoms with Gasteiger partial charge in [0.15, 0.2) is 0 Å². The molecule has 2 aromatic rings. The van der Waals surface area contributed by atoms with E-state index in [0.717, 1.165) is 11.3 Å². The highest BCUT2D eigenvalue weighted by atomic mass is 32.2. The number of ether oxygens (including phenoxy) is 1. The third kappa shape index (κ3) is 5.19. The fourth-order valence-corrected chi connectivity index (χ4v) is 5.06. The summed E-state index contributed by atoms with van der Waals surface area (Å²) in [5, 5.41) is 2.86. The van der Waals surface area contributed by atoms with Gasteiger partial charge in [-0.2, -0.15) is 4.31 Å². The summed E-state index contributed by atoms with van der Waals surface area (Å²) in [6, 6.07) is 12.3. The van der Waals surface area contributed by atoms with Crippen LogP contribution in [0.4, 0.5) is 0 Å². The minimum atomic E-state index is -3.64. The maximum absolute atomic E-state index is 13.1. The van der Waals surface area contributed by atoms with Gasteiger partial charge in [0, 0.05) is 38.3 Å². The van der Waals surface area contributed by atoms with E-state index in [0.29, 0.717) is 50.5 Å². The fraction of sp³-hybridized carbons (Fsp3) is 0.409. The molecule has 1 fully saturated rings. The summed E-state index contributed by atoms with van der Waals surface area (Å²) in [4.78, 5) is 15.0. The second kappa shape index (κ2) is 9.59. The first-order chi connectivity index (χ1) is 14.3. The lowest BCUT2D eigenvalue weighted by atomic mass is 10.1. The number of carbonyl (C=O) groups is 1. The molecule has 0 saturated carbocycles. The predicted octanol–water partition coefficient (Wildman–Crippen LogP) is 2.26. The van der Waals surface area contributed by atoms with E-state index in [1.807, 2.05) is 38.2 Å². The highest BCUT2D eigenvalue weighted by Crippen LogP contribution is 2.23. The van der Waals surface area contributed by atoms with Crippen molar-refractivity contribution < 1.29 is 17.9 Å². The van der Waals surface area contributed by atoms with E-state index in [9.17, 15) is 13.2 Å². The van der Waals surface area contributed by atoms with Crippen LogP contribution in [0.5, 0.6) is 5.75 Å². The Hall–Kier alpha value is -2.42.